The van der Waals surface area contributed by atoms with Gasteiger partial charge in [0.15, 0.2) is 10.3 Å². The second-order valence-corrected chi connectivity index (χ2v) is 9.45. The molecule has 0 radical (unpaired) electrons. The average molecular weight is 443 g/mol. The van der Waals surface area contributed by atoms with Gasteiger partial charge in [-0.05, 0) is 43.9 Å². The first kappa shape index (κ1) is 20.7. The van der Waals surface area contributed by atoms with Gasteiger partial charge < -0.3 is 14.8 Å². The normalized spacial score (nSPS) is 14.0. The number of urea groups is 1. The Kier molecular flexibility index (Phi) is 6.59. The van der Waals surface area contributed by atoms with Crippen LogP contribution in [0.4, 0.5) is 21.3 Å². The fraction of sp³-hybridized carbons (Fsp3) is 0.381. The molecule has 1 saturated heterocycles. The van der Waals surface area contributed by atoms with E-state index in [-0.39, 0.29) is 6.03 Å². The maximum atomic E-state index is 12.6. The number of piperidine rings is 1. The van der Waals surface area contributed by atoms with Crippen molar-refractivity contribution < 1.29 is 4.79 Å². The predicted octanol–water partition coefficient (Wildman–Crippen LogP) is 5.11. The number of aromatic nitrogens is 3. The van der Waals surface area contributed by atoms with Crippen molar-refractivity contribution >= 4 is 45.6 Å². The topological polar surface area (TPSA) is 75.1 Å². The van der Waals surface area contributed by atoms with Crippen LogP contribution in [0.15, 0.2) is 41.9 Å². The number of imidazole rings is 1. The van der Waals surface area contributed by atoms with E-state index in [0.717, 1.165) is 40.3 Å². The third-order valence-corrected chi connectivity index (χ3v) is 7.20. The number of carbonyl (C=O) groups excluding carboxylic acids is 1. The van der Waals surface area contributed by atoms with Gasteiger partial charge in [0, 0.05) is 49.4 Å². The van der Waals surface area contributed by atoms with Crippen molar-refractivity contribution in [2.75, 3.05) is 28.6 Å². The summed E-state index contributed by atoms with van der Waals surface area (Å²) in [5, 5.41) is 7.43. The number of carbonyl (C=O) groups is 1. The Labute approximate surface area is 184 Å². The Morgan fingerprint density at radius 3 is 2.80 bits per heavy atom. The van der Waals surface area contributed by atoms with Crippen molar-refractivity contribution in [3.8, 4) is 0 Å². The van der Waals surface area contributed by atoms with Gasteiger partial charge in [0.2, 0.25) is 0 Å². The lowest BCUT2D eigenvalue weighted by Crippen LogP contribution is -2.31. The molecule has 158 valence electrons. The van der Waals surface area contributed by atoms with Crippen molar-refractivity contribution in [3.63, 3.8) is 0 Å². The maximum Gasteiger partial charge on any atom is 0.325 e. The lowest BCUT2D eigenvalue weighted by atomic mass is 10.1. The zero-order valence-electron chi connectivity index (χ0n) is 17.2. The number of hydrogen-bond donors (Lipinski definition) is 2. The quantitative estimate of drug-likeness (QED) is 0.519. The summed E-state index contributed by atoms with van der Waals surface area (Å²) in [5.74, 6) is 0.767. The molecule has 2 N–H and O–H groups in total. The summed E-state index contributed by atoms with van der Waals surface area (Å²) in [4.78, 5) is 24.7. The summed E-state index contributed by atoms with van der Waals surface area (Å²) in [7, 11) is 1.97. The molecule has 30 heavy (non-hydrogen) atoms. The van der Waals surface area contributed by atoms with Crippen molar-refractivity contribution in [2.45, 2.75) is 37.1 Å². The van der Waals surface area contributed by atoms with E-state index in [1.807, 2.05) is 29.9 Å². The predicted molar refractivity (Wildman–Crippen MR) is 125 cm³/mol. The monoisotopic (exact) mass is 442 g/mol. The van der Waals surface area contributed by atoms with E-state index in [9.17, 15) is 4.79 Å². The molecule has 2 aromatic heterocycles. The molecule has 3 aromatic rings. The number of nitrogens with zero attached hydrogens (tertiary/aromatic N) is 4. The zero-order chi connectivity index (χ0) is 20.9. The van der Waals surface area contributed by atoms with Gasteiger partial charge in [0.25, 0.3) is 0 Å². The van der Waals surface area contributed by atoms with Crippen LogP contribution in [0.1, 0.15) is 29.7 Å². The van der Waals surface area contributed by atoms with E-state index in [1.54, 1.807) is 24.2 Å². The van der Waals surface area contributed by atoms with E-state index in [0.29, 0.717) is 5.13 Å². The van der Waals surface area contributed by atoms with Crippen LogP contribution in [0.25, 0.3) is 0 Å². The fourth-order valence-corrected chi connectivity index (χ4v) is 5.21. The third kappa shape index (κ3) is 5.14. The number of benzene rings is 1. The number of nitrogens with one attached hydrogen (secondary N) is 2. The Morgan fingerprint density at radius 1 is 1.20 bits per heavy atom. The number of aryl methyl sites for hydroxylation is 2. The number of anilines is 3. The fourth-order valence-electron chi connectivity index (χ4n) is 3.45. The minimum atomic E-state index is -0.269. The molecule has 1 aromatic carbocycles. The highest BCUT2D eigenvalue weighted by atomic mass is 32.2. The van der Waals surface area contributed by atoms with Crippen LogP contribution in [-0.4, -0.2) is 33.7 Å². The van der Waals surface area contributed by atoms with Gasteiger partial charge in [-0.3, -0.25) is 5.32 Å². The number of thiazole rings is 1. The van der Waals surface area contributed by atoms with Crippen LogP contribution in [0.5, 0.6) is 0 Å². The Hall–Kier alpha value is -2.52. The molecular weight excluding hydrogens is 416 g/mol. The van der Waals surface area contributed by atoms with Crippen LogP contribution >= 0.6 is 23.1 Å². The lowest BCUT2D eigenvalue weighted by molar-refractivity contribution is 0.262. The molecule has 0 aliphatic carbocycles. The summed E-state index contributed by atoms with van der Waals surface area (Å²) in [6.45, 7) is 4.14. The summed E-state index contributed by atoms with van der Waals surface area (Å²) in [6, 6.07) is 5.89. The minimum Gasteiger partial charge on any atom is -0.370 e. The van der Waals surface area contributed by atoms with Crippen molar-refractivity contribution in [2.24, 2.45) is 7.05 Å². The van der Waals surface area contributed by atoms with Gasteiger partial charge in [-0.2, -0.15) is 0 Å². The van der Waals surface area contributed by atoms with Gasteiger partial charge in [0.05, 0.1) is 11.4 Å². The Balaban J connectivity index is 1.37. The highest BCUT2D eigenvalue weighted by Gasteiger charge is 2.17. The molecule has 9 heteroatoms. The highest BCUT2D eigenvalue weighted by Crippen LogP contribution is 2.30. The number of hydrogen-bond acceptors (Lipinski definition) is 6. The molecule has 0 bridgehead atoms. The Bertz CT molecular complexity index is 1010. The lowest BCUT2D eigenvalue weighted by Gasteiger charge is -2.30. The smallest absolute Gasteiger partial charge is 0.325 e. The van der Waals surface area contributed by atoms with Crippen molar-refractivity contribution in [3.05, 3.63) is 47.2 Å². The minimum absolute atomic E-state index is 0.269. The number of thioether (sulfide) groups is 1. The first-order chi connectivity index (χ1) is 14.6. The molecule has 4 rings (SSSR count). The molecule has 0 atom stereocenters. The van der Waals surface area contributed by atoms with Gasteiger partial charge in [-0.1, -0.05) is 17.8 Å². The van der Waals surface area contributed by atoms with Gasteiger partial charge in [0.1, 0.15) is 0 Å². The van der Waals surface area contributed by atoms with Gasteiger partial charge >= 0.3 is 6.03 Å². The van der Waals surface area contributed by atoms with Gasteiger partial charge in [-0.15, -0.1) is 11.3 Å². The zero-order valence-corrected chi connectivity index (χ0v) is 18.9. The van der Waals surface area contributed by atoms with E-state index < -0.39 is 0 Å². The first-order valence-electron chi connectivity index (χ1n) is 10.1. The third-order valence-electron chi connectivity index (χ3n) is 4.99. The second-order valence-electron chi connectivity index (χ2n) is 7.39. The summed E-state index contributed by atoms with van der Waals surface area (Å²) in [5.41, 5.74) is 3.12. The molecule has 0 saturated carbocycles. The molecular formula is C21H26N6OS2. The SMILES string of the molecule is Cc1ccc(NC(=O)Nc2ncc(CSc3nccn3C)s2)c(N2CCCCC2)c1. The van der Waals surface area contributed by atoms with E-state index >= 15 is 0 Å². The van der Waals surface area contributed by atoms with Crippen LogP contribution in [0, 0.1) is 6.92 Å². The number of amides is 2. The van der Waals surface area contributed by atoms with Crippen LogP contribution in [0.3, 0.4) is 0 Å². The summed E-state index contributed by atoms with van der Waals surface area (Å²) >= 11 is 3.13. The Morgan fingerprint density at radius 2 is 2.03 bits per heavy atom. The van der Waals surface area contributed by atoms with E-state index in [2.05, 4.69) is 38.5 Å². The molecule has 3 heterocycles. The largest absolute Gasteiger partial charge is 0.370 e. The van der Waals surface area contributed by atoms with E-state index in [1.165, 1.54) is 36.2 Å². The van der Waals surface area contributed by atoms with Crippen LogP contribution < -0.4 is 15.5 Å². The molecule has 2 amide bonds. The van der Waals surface area contributed by atoms with Crippen LogP contribution in [-0.2, 0) is 12.8 Å². The second kappa shape index (κ2) is 9.53. The van der Waals surface area contributed by atoms with Crippen molar-refractivity contribution in [1.29, 1.82) is 0 Å². The summed E-state index contributed by atoms with van der Waals surface area (Å²) in [6.07, 6.45) is 9.18. The first-order valence-corrected chi connectivity index (χ1v) is 11.9. The highest BCUT2D eigenvalue weighted by molar-refractivity contribution is 7.98. The average Bonchev–Trinajstić information content (AvgIpc) is 3.36. The van der Waals surface area contributed by atoms with Gasteiger partial charge in [-0.25, -0.2) is 14.8 Å². The summed E-state index contributed by atoms with van der Waals surface area (Å²) < 4.78 is 1.99. The maximum absolute atomic E-state index is 12.6. The van der Waals surface area contributed by atoms with Crippen molar-refractivity contribution in [1.82, 2.24) is 14.5 Å². The number of rotatable bonds is 6. The molecule has 7 nitrogen and oxygen atoms in total. The molecule has 1 aliphatic heterocycles. The standard InChI is InChI=1S/C21H26N6OS2/c1-15-6-7-17(18(12-15)27-9-4-3-5-10-27)24-19(28)25-20-23-13-16(30-20)14-29-21-22-8-11-26(21)2/h6-8,11-13H,3-5,9-10,14H2,1-2H3,(H2,23,24,25,28). The van der Waals surface area contributed by atoms with E-state index in [4.69, 9.17) is 0 Å². The molecule has 1 aliphatic rings. The molecule has 0 spiro atoms. The molecule has 0 unspecified atom stereocenters. The van der Waals surface area contributed by atoms with Crippen LogP contribution in [0.2, 0.25) is 0 Å². The molecule has 1 fully saturated rings.